The second-order valence-corrected chi connectivity index (χ2v) is 6.43. The first kappa shape index (κ1) is 18.5. The number of hydrogen-bond acceptors (Lipinski definition) is 4. The first-order valence-electron chi connectivity index (χ1n) is 8.82. The lowest BCUT2D eigenvalue weighted by Crippen LogP contribution is -2.41. The van der Waals surface area contributed by atoms with Crippen LogP contribution in [0.3, 0.4) is 0 Å². The van der Waals surface area contributed by atoms with Crippen LogP contribution in [0.5, 0.6) is 0 Å². The van der Waals surface area contributed by atoms with Crippen molar-refractivity contribution < 1.29 is 18.7 Å². The van der Waals surface area contributed by atoms with Crippen molar-refractivity contribution in [1.29, 1.82) is 0 Å². The predicted octanol–water partition coefficient (Wildman–Crippen LogP) is 2.58. The smallest absolute Gasteiger partial charge is 0.248 e. The van der Waals surface area contributed by atoms with Gasteiger partial charge in [-0.05, 0) is 30.5 Å². The number of aromatic nitrogens is 2. The molecule has 1 aromatic heterocycles. The largest absolute Gasteiger partial charge is 0.382 e. The highest BCUT2D eigenvalue weighted by Crippen LogP contribution is 2.33. The van der Waals surface area contributed by atoms with Crippen LogP contribution in [0.15, 0.2) is 30.5 Å². The summed E-state index contributed by atoms with van der Waals surface area (Å²) in [6, 6.07) is 6.39. The second kappa shape index (κ2) is 8.91. The van der Waals surface area contributed by atoms with Gasteiger partial charge in [0.15, 0.2) is 0 Å². The standard InChI is InChI=1S/C19H24FN3O3/c1-25-9-10-26-13-18(24)23-8-2-3-15(12-23)19-17(11-21-22-19)14-4-6-16(20)7-5-14/h4-7,11,15H,2-3,8-10,12-13H2,1H3,(H,21,22). The molecule has 1 unspecified atom stereocenters. The second-order valence-electron chi connectivity index (χ2n) is 6.43. The summed E-state index contributed by atoms with van der Waals surface area (Å²) < 4.78 is 23.4. The number of piperidine rings is 1. The van der Waals surface area contributed by atoms with Crippen LogP contribution in [-0.4, -0.2) is 61.0 Å². The molecule has 1 aliphatic rings. The number of carbonyl (C=O) groups excluding carboxylic acids is 1. The maximum atomic E-state index is 13.2. The quantitative estimate of drug-likeness (QED) is 0.770. The number of rotatable bonds is 7. The lowest BCUT2D eigenvalue weighted by atomic mass is 9.90. The molecule has 6 nitrogen and oxygen atoms in total. The summed E-state index contributed by atoms with van der Waals surface area (Å²) in [4.78, 5) is 14.2. The van der Waals surface area contributed by atoms with Gasteiger partial charge in [0.2, 0.25) is 5.91 Å². The van der Waals surface area contributed by atoms with Crippen LogP contribution in [0.1, 0.15) is 24.5 Å². The number of amides is 1. The van der Waals surface area contributed by atoms with E-state index in [-0.39, 0.29) is 24.2 Å². The van der Waals surface area contributed by atoms with Gasteiger partial charge in [-0.3, -0.25) is 9.89 Å². The molecule has 1 aromatic carbocycles. The van der Waals surface area contributed by atoms with Crippen LogP contribution in [0.4, 0.5) is 4.39 Å². The molecule has 2 heterocycles. The van der Waals surface area contributed by atoms with Crippen LogP contribution in [0.25, 0.3) is 11.1 Å². The third-order valence-electron chi connectivity index (χ3n) is 4.66. The molecule has 0 spiro atoms. The summed E-state index contributed by atoms with van der Waals surface area (Å²) in [6.45, 7) is 2.33. The van der Waals surface area contributed by atoms with Crippen molar-refractivity contribution in [3.05, 3.63) is 42.0 Å². The van der Waals surface area contributed by atoms with Gasteiger partial charge >= 0.3 is 0 Å². The highest BCUT2D eigenvalue weighted by Gasteiger charge is 2.27. The average Bonchev–Trinajstić information content (AvgIpc) is 3.15. The van der Waals surface area contributed by atoms with Gasteiger partial charge in [-0.2, -0.15) is 5.10 Å². The zero-order valence-corrected chi connectivity index (χ0v) is 14.9. The Morgan fingerprint density at radius 3 is 2.92 bits per heavy atom. The van der Waals surface area contributed by atoms with E-state index in [1.54, 1.807) is 25.4 Å². The van der Waals surface area contributed by atoms with Crippen molar-refractivity contribution in [1.82, 2.24) is 15.1 Å². The van der Waals surface area contributed by atoms with Gasteiger partial charge in [0.05, 0.1) is 19.4 Å². The monoisotopic (exact) mass is 361 g/mol. The number of halogens is 1. The van der Waals surface area contributed by atoms with Gasteiger partial charge < -0.3 is 14.4 Å². The minimum Gasteiger partial charge on any atom is -0.382 e. The molecule has 1 saturated heterocycles. The predicted molar refractivity (Wildman–Crippen MR) is 95.2 cm³/mol. The summed E-state index contributed by atoms with van der Waals surface area (Å²) in [5, 5.41) is 7.25. The topological polar surface area (TPSA) is 67.5 Å². The van der Waals surface area contributed by atoms with Crippen molar-refractivity contribution in [2.75, 3.05) is 40.0 Å². The molecule has 0 bridgehead atoms. The van der Waals surface area contributed by atoms with E-state index in [9.17, 15) is 9.18 Å². The number of aromatic amines is 1. The first-order chi connectivity index (χ1) is 12.7. The maximum Gasteiger partial charge on any atom is 0.248 e. The van der Waals surface area contributed by atoms with Gasteiger partial charge in [-0.1, -0.05) is 12.1 Å². The summed E-state index contributed by atoms with van der Waals surface area (Å²) in [5.74, 6) is -0.0930. The molecule has 1 N–H and O–H groups in total. The molecule has 0 radical (unpaired) electrons. The molecule has 1 aliphatic heterocycles. The van der Waals surface area contributed by atoms with Crippen LogP contribution in [0, 0.1) is 5.82 Å². The Hall–Kier alpha value is -2.25. The van der Waals surface area contributed by atoms with Crippen molar-refractivity contribution in [2.24, 2.45) is 0 Å². The summed E-state index contributed by atoms with van der Waals surface area (Å²) in [7, 11) is 1.60. The fourth-order valence-electron chi connectivity index (χ4n) is 3.30. The average molecular weight is 361 g/mol. The number of benzene rings is 1. The van der Waals surface area contributed by atoms with Crippen molar-refractivity contribution in [3.63, 3.8) is 0 Å². The normalized spacial score (nSPS) is 17.5. The minimum absolute atomic E-state index is 0.00588. The molecular formula is C19H24FN3O3. The number of hydrogen-bond donors (Lipinski definition) is 1. The van der Waals surface area contributed by atoms with Crippen molar-refractivity contribution in [2.45, 2.75) is 18.8 Å². The van der Waals surface area contributed by atoms with E-state index in [2.05, 4.69) is 10.2 Å². The van der Waals surface area contributed by atoms with Crippen LogP contribution in [0.2, 0.25) is 0 Å². The van der Waals surface area contributed by atoms with Gasteiger partial charge in [-0.25, -0.2) is 4.39 Å². The highest BCUT2D eigenvalue weighted by molar-refractivity contribution is 5.77. The number of likely N-dealkylation sites (tertiary alicyclic amines) is 1. The van der Waals surface area contributed by atoms with E-state index >= 15 is 0 Å². The number of H-pyrrole nitrogens is 1. The highest BCUT2D eigenvalue weighted by atomic mass is 19.1. The molecule has 140 valence electrons. The number of ether oxygens (including phenoxy) is 2. The zero-order valence-electron chi connectivity index (χ0n) is 14.9. The number of methoxy groups -OCH3 is 1. The van der Waals surface area contributed by atoms with E-state index < -0.39 is 0 Å². The summed E-state index contributed by atoms with van der Waals surface area (Å²) >= 11 is 0. The Morgan fingerprint density at radius 2 is 2.15 bits per heavy atom. The molecule has 7 heteroatoms. The SMILES string of the molecule is COCCOCC(=O)N1CCCC(c2[nH]ncc2-c2ccc(F)cc2)C1. The first-order valence-corrected chi connectivity index (χ1v) is 8.82. The Labute approximate surface area is 152 Å². The number of nitrogens with zero attached hydrogens (tertiary/aromatic N) is 2. The molecule has 0 aliphatic carbocycles. The van der Waals surface area contributed by atoms with Crippen LogP contribution < -0.4 is 0 Å². The molecule has 3 rings (SSSR count). The van der Waals surface area contributed by atoms with Gasteiger partial charge in [0.25, 0.3) is 0 Å². The Kier molecular flexibility index (Phi) is 6.35. The maximum absolute atomic E-state index is 13.2. The van der Waals surface area contributed by atoms with Gasteiger partial charge in [0, 0.05) is 37.4 Å². The molecule has 1 fully saturated rings. The van der Waals surface area contributed by atoms with E-state index in [0.29, 0.717) is 19.8 Å². The Morgan fingerprint density at radius 1 is 1.35 bits per heavy atom. The summed E-state index contributed by atoms with van der Waals surface area (Å²) in [6.07, 6.45) is 3.66. The third-order valence-corrected chi connectivity index (χ3v) is 4.66. The lowest BCUT2D eigenvalue weighted by molar-refractivity contribution is -0.137. The van der Waals surface area contributed by atoms with E-state index in [1.165, 1.54) is 12.1 Å². The molecule has 1 amide bonds. The zero-order chi connectivity index (χ0) is 18.4. The Balaban J connectivity index is 1.66. The molecule has 1 atom stereocenters. The van der Waals surface area contributed by atoms with E-state index in [1.807, 2.05) is 4.90 Å². The van der Waals surface area contributed by atoms with E-state index in [4.69, 9.17) is 9.47 Å². The van der Waals surface area contributed by atoms with E-state index in [0.717, 1.165) is 36.2 Å². The summed E-state index contributed by atoms with van der Waals surface area (Å²) in [5.41, 5.74) is 2.87. The molecule has 0 saturated carbocycles. The third kappa shape index (κ3) is 4.47. The van der Waals surface area contributed by atoms with Crippen molar-refractivity contribution >= 4 is 5.91 Å². The van der Waals surface area contributed by atoms with Crippen molar-refractivity contribution in [3.8, 4) is 11.1 Å². The number of carbonyl (C=O) groups is 1. The lowest BCUT2D eigenvalue weighted by Gasteiger charge is -2.32. The Bertz CT molecular complexity index is 717. The van der Waals surface area contributed by atoms with Crippen LogP contribution in [-0.2, 0) is 14.3 Å². The molecule has 26 heavy (non-hydrogen) atoms. The minimum atomic E-state index is -0.262. The molecular weight excluding hydrogens is 337 g/mol. The van der Waals surface area contributed by atoms with Crippen LogP contribution >= 0.6 is 0 Å². The van der Waals surface area contributed by atoms with Gasteiger partial charge in [-0.15, -0.1) is 0 Å². The fourth-order valence-corrected chi connectivity index (χ4v) is 3.30. The fraction of sp³-hybridized carbons (Fsp3) is 0.474. The molecule has 2 aromatic rings. The number of nitrogens with one attached hydrogen (secondary N) is 1. The van der Waals surface area contributed by atoms with Gasteiger partial charge in [0.1, 0.15) is 12.4 Å².